The molecule has 3 heterocycles. The first-order chi connectivity index (χ1) is 13.7. The molecule has 0 N–H and O–H groups in total. The molecule has 4 rings (SSSR count). The van der Waals surface area contributed by atoms with E-state index in [1.54, 1.807) is 0 Å². The summed E-state index contributed by atoms with van der Waals surface area (Å²) in [6.45, 7) is 11.2. The largest absolute Gasteiger partial charge is 0.591 e. The smallest absolute Gasteiger partial charge is 0.262 e. The predicted molar refractivity (Wildman–Crippen MR) is 120 cm³/mol. The van der Waals surface area contributed by atoms with Gasteiger partial charge in [0.15, 0.2) is 0 Å². The molecule has 1 aromatic carbocycles. The summed E-state index contributed by atoms with van der Waals surface area (Å²) in [7, 11) is 0. The number of aryl methyl sites for hydroxylation is 1. The molecule has 2 aromatic rings. The van der Waals surface area contributed by atoms with Gasteiger partial charge in [-0.1, -0.05) is 4.40 Å². The summed E-state index contributed by atoms with van der Waals surface area (Å²) in [6.07, 6.45) is 4.55. The van der Waals surface area contributed by atoms with Crippen LogP contribution in [0.1, 0.15) is 64.5 Å². The summed E-state index contributed by atoms with van der Waals surface area (Å²) in [4.78, 5) is 20.7. The van der Waals surface area contributed by atoms with E-state index < -0.39 is 16.1 Å². The van der Waals surface area contributed by atoms with E-state index in [1.165, 1.54) is 12.8 Å². The first kappa shape index (κ1) is 20.4. The van der Waals surface area contributed by atoms with Crippen LogP contribution in [0.25, 0.3) is 10.9 Å². The third-order valence-corrected chi connectivity index (χ3v) is 7.37. The molecule has 7 heteroatoms. The molecule has 0 aliphatic carbocycles. The molecule has 0 radical (unpaired) electrons. The molecule has 2 aliphatic rings. The number of piperidine rings is 1. The Bertz CT molecular complexity index is 1040. The number of benzene rings is 1. The van der Waals surface area contributed by atoms with Crippen LogP contribution in [0.5, 0.6) is 0 Å². The van der Waals surface area contributed by atoms with Crippen molar-refractivity contribution in [3.05, 3.63) is 33.6 Å². The second kappa shape index (κ2) is 7.43. The average molecular weight is 415 g/mol. The van der Waals surface area contributed by atoms with Crippen molar-refractivity contribution in [1.29, 1.82) is 0 Å². The molecular formula is C22H30N4O2S. The molecule has 156 valence electrons. The Balaban J connectivity index is 1.92. The Morgan fingerprint density at radius 2 is 2.00 bits per heavy atom. The van der Waals surface area contributed by atoms with Crippen LogP contribution >= 0.6 is 0 Å². The van der Waals surface area contributed by atoms with E-state index in [0.717, 1.165) is 43.0 Å². The van der Waals surface area contributed by atoms with Crippen molar-refractivity contribution < 1.29 is 4.55 Å². The highest BCUT2D eigenvalue weighted by atomic mass is 32.2. The topological polar surface area (TPSA) is 73.5 Å². The number of anilines is 1. The minimum absolute atomic E-state index is 0.0173. The van der Waals surface area contributed by atoms with Crippen molar-refractivity contribution in [3.8, 4) is 0 Å². The van der Waals surface area contributed by atoms with Crippen molar-refractivity contribution in [2.24, 2.45) is 4.40 Å². The normalized spacial score (nSPS) is 21.1. The number of rotatable bonds is 2. The van der Waals surface area contributed by atoms with Gasteiger partial charge < -0.3 is 9.45 Å². The Morgan fingerprint density at radius 1 is 1.24 bits per heavy atom. The molecule has 29 heavy (non-hydrogen) atoms. The summed E-state index contributed by atoms with van der Waals surface area (Å²) in [6, 6.07) is 4.39. The third-order valence-electron chi connectivity index (χ3n) is 5.89. The lowest BCUT2D eigenvalue weighted by Gasteiger charge is -2.41. The SMILES string of the molecule is CC(=N[S+]([O-])C(C)(C)C)c1cc(C)cc2c(=O)n3c(nc12)N1CCCCC1CC3. The summed E-state index contributed by atoms with van der Waals surface area (Å²) in [5, 5.41) is 0.621. The molecular weight excluding hydrogens is 384 g/mol. The van der Waals surface area contributed by atoms with Gasteiger partial charge in [0.2, 0.25) is 5.95 Å². The standard InChI is InChI=1S/C22H30N4O2S/c1-14-12-17(15(2)24-29(28)22(3,4)5)19-18(13-14)20(27)26-11-9-16-8-6-7-10-25(16)21(26)23-19/h12-13,16H,6-11H2,1-5H3. The predicted octanol–water partition coefficient (Wildman–Crippen LogP) is 3.74. The fraction of sp³-hybridized carbons (Fsp3) is 0.591. The van der Waals surface area contributed by atoms with Gasteiger partial charge in [-0.25, -0.2) is 4.98 Å². The lowest BCUT2D eigenvalue weighted by atomic mass is 9.97. The van der Waals surface area contributed by atoms with Crippen molar-refractivity contribution >= 4 is 33.9 Å². The Kier molecular flexibility index (Phi) is 5.23. The van der Waals surface area contributed by atoms with E-state index >= 15 is 0 Å². The van der Waals surface area contributed by atoms with E-state index in [2.05, 4.69) is 9.30 Å². The van der Waals surface area contributed by atoms with E-state index in [0.29, 0.717) is 22.7 Å². The van der Waals surface area contributed by atoms with Crippen LogP contribution in [0.3, 0.4) is 0 Å². The van der Waals surface area contributed by atoms with Gasteiger partial charge in [-0.2, -0.15) is 0 Å². The molecule has 0 bridgehead atoms. The van der Waals surface area contributed by atoms with Gasteiger partial charge in [0.05, 0.1) is 16.6 Å². The lowest BCUT2D eigenvalue weighted by molar-refractivity contribution is 0.372. The van der Waals surface area contributed by atoms with Gasteiger partial charge in [0.1, 0.15) is 16.1 Å². The van der Waals surface area contributed by atoms with Crippen LogP contribution in [0.4, 0.5) is 5.95 Å². The minimum Gasteiger partial charge on any atom is -0.591 e. The minimum atomic E-state index is -1.36. The number of fused-ring (bicyclic) bond motifs is 4. The van der Waals surface area contributed by atoms with Gasteiger partial charge >= 0.3 is 0 Å². The molecule has 2 atom stereocenters. The van der Waals surface area contributed by atoms with Gasteiger partial charge in [0.25, 0.3) is 5.56 Å². The lowest BCUT2D eigenvalue weighted by Crippen LogP contribution is -2.48. The third kappa shape index (κ3) is 3.70. The summed E-state index contributed by atoms with van der Waals surface area (Å²) in [5.41, 5.74) is 3.13. The van der Waals surface area contributed by atoms with E-state index in [4.69, 9.17) is 4.98 Å². The first-order valence-electron chi connectivity index (χ1n) is 10.5. The second-order valence-electron chi connectivity index (χ2n) is 9.25. The van der Waals surface area contributed by atoms with E-state index in [9.17, 15) is 9.35 Å². The Hall–Kier alpha value is -1.86. The van der Waals surface area contributed by atoms with Crippen LogP contribution in [0.15, 0.2) is 21.3 Å². The van der Waals surface area contributed by atoms with Crippen molar-refractivity contribution in [3.63, 3.8) is 0 Å². The molecule has 1 aromatic heterocycles. The number of nitrogens with zero attached hydrogens (tertiary/aromatic N) is 4. The zero-order valence-corrected chi connectivity index (χ0v) is 18.8. The molecule has 6 nitrogen and oxygen atoms in total. The fourth-order valence-electron chi connectivity index (χ4n) is 4.31. The molecule has 2 aliphatic heterocycles. The highest BCUT2D eigenvalue weighted by Crippen LogP contribution is 2.31. The quantitative estimate of drug-likeness (QED) is 0.554. The van der Waals surface area contributed by atoms with Gasteiger partial charge in [-0.3, -0.25) is 9.36 Å². The number of aromatic nitrogens is 2. The maximum absolute atomic E-state index is 13.4. The van der Waals surface area contributed by atoms with Crippen LogP contribution in [-0.2, 0) is 17.9 Å². The summed E-state index contributed by atoms with van der Waals surface area (Å²) >= 11 is -1.36. The highest BCUT2D eigenvalue weighted by Gasteiger charge is 2.32. The molecule has 0 saturated carbocycles. The van der Waals surface area contributed by atoms with E-state index in [-0.39, 0.29) is 5.56 Å². The van der Waals surface area contributed by atoms with Crippen LogP contribution in [-0.4, -0.2) is 37.1 Å². The zero-order chi connectivity index (χ0) is 20.9. The van der Waals surface area contributed by atoms with Crippen LogP contribution in [0.2, 0.25) is 0 Å². The van der Waals surface area contributed by atoms with Crippen LogP contribution in [0, 0.1) is 6.92 Å². The summed E-state index contributed by atoms with van der Waals surface area (Å²) in [5.74, 6) is 0.785. The van der Waals surface area contributed by atoms with Crippen molar-refractivity contribution in [1.82, 2.24) is 9.55 Å². The molecule has 0 amide bonds. The monoisotopic (exact) mass is 414 g/mol. The van der Waals surface area contributed by atoms with Gasteiger partial charge in [-0.15, -0.1) is 0 Å². The molecule has 1 saturated heterocycles. The fourth-order valence-corrected chi connectivity index (χ4v) is 4.93. The Morgan fingerprint density at radius 3 is 2.72 bits per heavy atom. The first-order valence-corrected chi connectivity index (χ1v) is 11.6. The maximum atomic E-state index is 13.4. The van der Waals surface area contributed by atoms with Gasteiger partial charge in [0, 0.05) is 24.7 Å². The van der Waals surface area contributed by atoms with Crippen LogP contribution < -0.4 is 10.5 Å². The van der Waals surface area contributed by atoms with Crippen molar-refractivity contribution in [2.75, 3.05) is 11.4 Å². The molecule has 2 unspecified atom stereocenters. The van der Waals surface area contributed by atoms with Gasteiger partial charge in [-0.05, 0) is 78.0 Å². The maximum Gasteiger partial charge on any atom is 0.262 e. The highest BCUT2D eigenvalue weighted by molar-refractivity contribution is 7.91. The number of hydrogen-bond acceptors (Lipinski definition) is 5. The molecule has 0 spiro atoms. The van der Waals surface area contributed by atoms with E-state index in [1.807, 2.05) is 51.3 Å². The second-order valence-corrected chi connectivity index (χ2v) is 11.2. The number of hydrogen-bond donors (Lipinski definition) is 0. The Labute approximate surface area is 175 Å². The summed E-state index contributed by atoms with van der Waals surface area (Å²) < 4.78 is 18.4. The zero-order valence-electron chi connectivity index (χ0n) is 18.0. The molecule has 1 fully saturated rings. The average Bonchev–Trinajstić information content (AvgIpc) is 2.67. The van der Waals surface area contributed by atoms with Crippen molar-refractivity contribution in [2.45, 2.75) is 77.6 Å².